The van der Waals surface area contributed by atoms with Gasteiger partial charge in [0.15, 0.2) is 16.0 Å². The zero-order valence-corrected chi connectivity index (χ0v) is 55.9. The van der Waals surface area contributed by atoms with E-state index in [-0.39, 0.29) is 134 Å². The van der Waals surface area contributed by atoms with Gasteiger partial charge in [0.2, 0.25) is 11.8 Å². The SMILES string of the molecule is C1CCCC1.C1CCCC1.CC(=O)SCc1ccc(N=O)c(C(C)=O)c1.CC(=O)SCc1ccc([N+](=O)[O-])c(C(C)OC(=O)NCCOCCOCCNC(=O)C2CCCC2)c1.NCCOCCOCCNC(=O)C1CCCC1.[CH3-].[CH3-].[CH3-].[CH3-].[Fe+2].[Fe+2]. The van der Waals surface area contributed by atoms with Gasteiger partial charge in [0.05, 0.1) is 63.3 Å². The number of hydrogen-bond acceptors (Lipinski definition) is 18. The van der Waals surface area contributed by atoms with Gasteiger partial charge in [0.25, 0.3) is 5.69 Å². The minimum absolute atomic E-state index is 0. The van der Waals surface area contributed by atoms with Crippen LogP contribution in [0.3, 0.4) is 0 Å². The zero-order chi connectivity index (χ0) is 57.9. The van der Waals surface area contributed by atoms with Gasteiger partial charge in [-0.1, -0.05) is 126 Å². The molecule has 6 rings (SSSR count). The first-order chi connectivity index (χ1) is 38.2. The Bertz CT molecular complexity index is 2090. The fraction of sp³-hybridized carbons (Fsp3) is 0.639. The standard InChI is InChI=1S/C24H35N3O8S.C12H24N2O3.C11H11NO3S.2C5H10.4CH3.2Fe/c1-17(21-15-19(16-36-18(2)28)7-8-22(21)27(31)32)35-24(30)26-10-12-34-14-13-33-11-9-25-23(29)20-5-3-4-6-20;13-5-7-16-9-10-17-8-6-14-12(15)11-3-1-2-4-11;1-7(13)10-5-9(6-16-8(2)14)3-4-11(10)12-15;2*1-2-4-5-3-1;;;;;;/h7-8,15,17,20H,3-6,9-14,16H2,1-2H3,(H,25,29)(H,26,30);11H,1-10,13H2,(H,14,15);3-5H,6H2,1-2H3;2*1-5H2;4*1H3;;/q;;;;;4*-1;2*+2. The van der Waals surface area contributed by atoms with Crippen molar-refractivity contribution in [1.82, 2.24) is 16.0 Å². The van der Waals surface area contributed by atoms with Crippen LogP contribution in [0, 0.1) is 56.6 Å². The number of nitro benzene ring substituents is 1. The summed E-state index contributed by atoms with van der Waals surface area (Å²) in [7, 11) is 0. The minimum atomic E-state index is -0.865. The summed E-state index contributed by atoms with van der Waals surface area (Å²) in [5, 5.41) is 22.4. The summed E-state index contributed by atoms with van der Waals surface area (Å²) in [6.07, 6.45) is 22.0. The topological polar surface area (TPSA) is 283 Å². The maximum atomic E-state index is 12.1. The number of nitro groups is 1. The Morgan fingerprint density at radius 2 is 0.965 bits per heavy atom. The quantitative estimate of drug-likeness (QED) is 0.0117. The van der Waals surface area contributed by atoms with Crippen LogP contribution in [0.15, 0.2) is 41.6 Å². The smallest absolute Gasteiger partial charge is 0.441 e. The largest absolute Gasteiger partial charge is 2.00 e. The van der Waals surface area contributed by atoms with E-state index in [1.807, 2.05) is 0 Å². The summed E-state index contributed by atoms with van der Waals surface area (Å²) < 4.78 is 26.6. The number of carbonyl (C=O) groups is 6. The van der Waals surface area contributed by atoms with E-state index in [4.69, 9.17) is 29.4 Å². The zero-order valence-electron chi connectivity index (χ0n) is 52.0. The number of ether oxygens (including phenoxy) is 5. The van der Waals surface area contributed by atoms with E-state index in [2.05, 4.69) is 21.1 Å². The molecule has 4 saturated carbocycles. The summed E-state index contributed by atoms with van der Waals surface area (Å²) in [6, 6.07) is 9.31. The molecule has 4 aliphatic rings. The van der Waals surface area contributed by atoms with Gasteiger partial charge < -0.3 is 75.1 Å². The molecular weight excluding hydrogens is 1220 g/mol. The second-order valence-electron chi connectivity index (χ2n) is 19.5. The Hall–Kier alpha value is -3.80. The Labute approximate surface area is 539 Å². The number of Topliss-reactive ketones (excluding diaryl/α,β-unsaturated/α-hetero) is 1. The molecule has 0 aromatic heterocycles. The van der Waals surface area contributed by atoms with Gasteiger partial charge in [-0.15, -0.1) is 4.91 Å². The van der Waals surface area contributed by atoms with E-state index in [1.165, 1.54) is 110 Å². The fourth-order valence-electron chi connectivity index (χ4n) is 8.73. The first kappa shape index (κ1) is 89.9. The molecule has 488 valence electrons. The second kappa shape index (κ2) is 57.9. The molecule has 3 amide bonds. The third-order valence-corrected chi connectivity index (χ3v) is 14.8. The number of nitroso groups, excluding NO2 is 1. The van der Waals surface area contributed by atoms with E-state index in [0.29, 0.717) is 83.0 Å². The molecule has 5 N–H and O–H groups in total. The van der Waals surface area contributed by atoms with E-state index in [0.717, 1.165) is 73.2 Å². The Morgan fingerprint density at radius 3 is 1.33 bits per heavy atom. The normalized spacial score (nSPS) is 14.0. The van der Waals surface area contributed by atoms with Crippen molar-refractivity contribution in [1.29, 1.82) is 0 Å². The molecule has 4 fully saturated rings. The summed E-state index contributed by atoms with van der Waals surface area (Å²) in [4.78, 5) is 90.1. The third kappa shape index (κ3) is 44.3. The maximum absolute atomic E-state index is 12.1. The van der Waals surface area contributed by atoms with Crippen molar-refractivity contribution in [2.24, 2.45) is 22.7 Å². The number of nitrogens with one attached hydrogen (secondary N) is 3. The Morgan fingerprint density at radius 1 is 0.588 bits per heavy atom. The molecule has 0 aliphatic heterocycles. The monoisotopic (exact) mass is 1320 g/mol. The number of rotatable bonds is 28. The van der Waals surface area contributed by atoms with Crippen LogP contribution < -0.4 is 21.7 Å². The molecule has 0 spiro atoms. The molecule has 24 heteroatoms. The molecule has 0 saturated heterocycles. The average molecular weight is 1320 g/mol. The van der Waals surface area contributed by atoms with Crippen LogP contribution in [-0.2, 0) is 88.5 Å². The molecular formula is C61H102Fe2N6O14S2. The van der Waals surface area contributed by atoms with Crippen molar-refractivity contribution >= 4 is 68.8 Å². The van der Waals surface area contributed by atoms with Crippen LogP contribution in [0.25, 0.3) is 0 Å². The van der Waals surface area contributed by atoms with Gasteiger partial charge in [-0.2, -0.15) is 0 Å². The van der Waals surface area contributed by atoms with Crippen LogP contribution >= 0.6 is 23.5 Å². The number of hydrogen-bond donors (Lipinski definition) is 4. The van der Waals surface area contributed by atoms with E-state index < -0.39 is 17.1 Å². The summed E-state index contributed by atoms with van der Waals surface area (Å²) >= 11 is 2.25. The van der Waals surface area contributed by atoms with Crippen molar-refractivity contribution < 1.29 is 91.5 Å². The molecule has 4 aliphatic carbocycles. The number of nitrogens with two attached hydrogens (primary N) is 1. The third-order valence-electron chi connectivity index (χ3n) is 13.0. The second-order valence-corrected chi connectivity index (χ2v) is 21.8. The molecule has 0 heterocycles. The van der Waals surface area contributed by atoms with Gasteiger partial charge in [0, 0.05) is 75.0 Å². The first-order valence-corrected chi connectivity index (χ1v) is 30.2. The van der Waals surface area contributed by atoms with Gasteiger partial charge in [0.1, 0.15) is 11.8 Å². The molecule has 20 nitrogen and oxygen atoms in total. The van der Waals surface area contributed by atoms with Gasteiger partial charge in [-0.25, -0.2) is 4.79 Å². The number of benzene rings is 2. The average Bonchev–Trinajstić information content (AvgIpc) is 4.35. The predicted octanol–water partition coefficient (Wildman–Crippen LogP) is 12.5. The number of carbonyl (C=O) groups excluding carboxylic acids is 6. The number of nitrogens with zero attached hydrogens (tertiary/aromatic N) is 2. The number of thioether (sulfide) groups is 2. The molecule has 1 atom stereocenters. The Kier molecular flexibility index (Phi) is 61.3. The summed E-state index contributed by atoms with van der Waals surface area (Å²) in [5.74, 6) is 1.34. The first-order valence-electron chi connectivity index (χ1n) is 28.2. The molecule has 0 bridgehead atoms. The van der Waals surface area contributed by atoms with Crippen molar-refractivity contribution in [3.8, 4) is 0 Å². The Balaban J connectivity index is -0.000000363. The maximum Gasteiger partial charge on any atom is 2.00 e. The fourth-order valence-corrected chi connectivity index (χ4v) is 9.83. The van der Waals surface area contributed by atoms with Crippen molar-refractivity contribution in [2.75, 3.05) is 79.0 Å². The summed E-state index contributed by atoms with van der Waals surface area (Å²) in [6.45, 7) is 11.2. The van der Waals surface area contributed by atoms with Crippen LogP contribution in [0.1, 0.15) is 176 Å². The minimum Gasteiger partial charge on any atom is -0.441 e. The molecule has 2 aromatic rings. The van der Waals surface area contributed by atoms with Crippen molar-refractivity contribution in [2.45, 2.75) is 161 Å². The number of alkyl carbamates (subject to hydrolysis) is 1. The van der Waals surface area contributed by atoms with E-state index >= 15 is 0 Å². The number of amides is 3. The predicted molar refractivity (Wildman–Crippen MR) is 336 cm³/mol. The molecule has 1 unspecified atom stereocenters. The van der Waals surface area contributed by atoms with E-state index in [1.54, 1.807) is 31.2 Å². The summed E-state index contributed by atoms with van der Waals surface area (Å²) in [5.41, 5.74) is 7.36. The molecule has 2 aromatic carbocycles. The van der Waals surface area contributed by atoms with Crippen LogP contribution in [-0.4, -0.2) is 118 Å². The van der Waals surface area contributed by atoms with E-state index in [9.17, 15) is 43.8 Å². The molecule has 85 heavy (non-hydrogen) atoms. The van der Waals surface area contributed by atoms with Crippen molar-refractivity contribution in [3.63, 3.8) is 0 Å². The van der Waals surface area contributed by atoms with Crippen molar-refractivity contribution in [3.05, 3.63) is 103 Å². The van der Waals surface area contributed by atoms with Crippen LogP contribution in [0.5, 0.6) is 0 Å². The molecule has 0 radical (unpaired) electrons. The van der Waals surface area contributed by atoms with Gasteiger partial charge >= 0.3 is 40.2 Å². The number of ketones is 1. The van der Waals surface area contributed by atoms with Crippen LogP contribution in [0.4, 0.5) is 16.2 Å². The van der Waals surface area contributed by atoms with Gasteiger partial charge in [-0.05, 0) is 74.0 Å². The van der Waals surface area contributed by atoms with Crippen LogP contribution in [0.2, 0.25) is 0 Å². The van der Waals surface area contributed by atoms with Gasteiger partial charge in [-0.3, -0.25) is 34.1 Å².